The number of rotatable bonds is 59. The lowest BCUT2D eigenvalue weighted by Crippen LogP contribution is -2.45. The van der Waals surface area contributed by atoms with Crippen molar-refractivity contribution in [2.75, 3.05) is 40.9 Å². The van der Waals surface area contributed by atoms with Crippen LogP contribution >= 0.6 is 7.82 Å². The molecule has 0 aliphatic carbocycles. The quantitative estimate of drug-likeness (QED) is 0.0243. The summed E-state index contributed by atoms with van der Waals surface area (Å²) in [6.07, 6.45) is 101. The largest absolute Gasteiger partial charge is 0.472 e. The van der Waals surface area contributed by atoms with E-state index in [0.717, 1.165) is 128 Å². The molecular weight excluding hydrogens is 1060 g/mol. The molecule has 476 valence electrons. The third kappa shape index (κ3) is 65.4. The highest BCUT2D eigenvalue weighted by Gasteiger charge is 2.27. The highest BCUT2D eigenvalue weighted by atomic mass is 31.2. The van der Waals surface area contributed by atoms with Gasteiger partial charge in [0.1, 0.15) is 13.2 Å². The molecule has 8 nitrogen and oxygen atoms in total. The third-order valence-corrected chi connectivity index (χ3v) is 14.9. The molecule has 3 atom stereocenters. The maximum atomic E-state index is 13.0. The standard InChI is InChI=1S/C75H125N2O6P/c1-6-8-10-12-14-16-18-20-22-24-26-28-29-30-31-32-33-34-35-36-37-38-39-40-41-42-43-44-45-46-47-49-51-53-55-57-59-61-63-65-67-69-75(79)76-73(72-83-84(80,81)82-71-70-77(3,4)5)74(78)68-66-64-62-60-58-56-54-52-50-48-27-25-23-21-19-17-15-13-11-9-7-2/h8,10,14,16,20,22,26,28,30-31,33-34,36-37,39-40,42-43,45-46,49-52,58,60,66,68,73-74,78H,6-7,9,11-13,15,17-19,21,23-25,27,29,32,35,38,41,44,47-48,53-57,59,61-65,67,69-72H2,1-5H3,(H-,76,79,80,81)/p+1/b10-8-,16-14-,22-20-,28-26-,31-30-,34-33-,37-36-,40-39-,43-42-,46-45-,51-49-,52-50+,60-58+,68-66+. The van der Waals surface area contributed by atoms with E-state index in [9.17, 15) is 19.4 Å². The summed E-state index contributed by atoms with van der Waals surface area (Å²) in [6, 6.07) is -0.890. The molecule has 0 aromatic rings. The van der Waals surface area contributed by atoms with Crippen LogP contribution in [0.25, 0.3) is 0 Å². The van der Waals surface area contributed by atoms with Gasteiger partial charge in [0, 0.05) is 6.42 Å². The fourth-order valence-electron chi connectivity index (χ4n) is 8.73. The number of phosphoric ester groups is 1. The number of nitrogens with one attached hydrogen (secondary N) is 1. The van der Waals surface area contributed by atoms with Gasteiger partial charge in [-0.25, -0.2) is 4.57 Å². The predicted molar refractivity (Wildman–Crippen MR) is 368 cm³/mol. The van der Waals surface area contributed by atoms with Crippen LogP contribution in [-0.4, -0.2) is 73.4 Å². The molecule has 0 fully saturated rings. The Hall–Kier alpha value is -4.14. The molecule has 0 aromatic carbocycles. The number of likely N-dealkylation sites (N-methyl/N-ethyl adjacent to an activating group) is 1. The lowest BCUT2D eigenvalue weighted by molar-refractivity contribution is -0.870. The van der Waals surface area contributed by atoms with Gasteiger partial charge in [0.05, 0.1) is 39.9 Å². The van der Waals surface area contributed by atoms with Crippen molar-refractivity contribution < 1.29 is 32.9 Å². The zero-order chi connectivity index (χ0) is 61.2. The molecule has 9 heteroatoms. The van der Waals surface area contributed by atoms with Gasteiger partial charge in [-0.1, -0.05) is 280 Å². The molecule has 84 heavy (non-hydrogen) atoms. The normalized spacial score (nSPS) is 14.8. The Morgan fingerprint density at radius 2 is 0.726 bits per heavy atom. The van der Waals surface area contributed by atoms with E-state index in [4.69, 9.17) is 9.05 Å². The second-order valence-electron chi connectivity index (χ2n) is 23.1. The summed E-state index contributed by atoms with van der Waals surface area (Å²) in [5, 5.41) is 13.9. The molecule has 0 aliphatic heterocycles. The van der Waals surface area contributed by atoms with E-state index in [0.29, 0.717) is 17.4 Å². The van der Waals surface area contributed by atoms with Gasteiger partial charge >= 0.3 is 7.82 Å². The van der Waals surface area contributed by atoms with Gasteiger partial charge < -0.3 is 19.8 Å². The van der Waals surface area contributed by atoms with Gasteiger partial charge in [0.15, 0.2) is 0 Å². The summed E-state index contributed by atoms with van der Waals surface area (Å²) in [5.41, 5.74) is 0. The van der Waals surface area contributed by atoms with Gasteiger partial charge in [0.25, 0.3) is 0 Å². The lowest BCUT2D eigenvalue weighted by atomic mass is 10.1. The predicted octanol–water partition coefficient (Wildman–Crippen LogP) is 21.5. The Balaban J connectivity index is 4.22. The minimum Gasteiger partial charge on any atom is -0.387 e. The maximum Gasteiger partial charge on any atom is 0.472 e. The number of phosphoric acid groups is 1. The zero-order valence-electron chi connectivity index (χ0n) is 54.3. The van der Waals surface area contributed by atoms with Crippen molar-refractivity contribution in [1.82, 2.24) is 5.32 Å². The first-order valence-electron chi connectivity index (χ1n) is 33.5. The Morgan fingerprint density at radius 3 is 1.10 bits per heavy atom. The Morgan fingerprint density at radius 1 is 0.417 bits per heavy atom. The molecule has 3 N–H and O–H groups in total. The molecule has 0 bridgehead atoms. The number of nitrogens with zero attached hydrogens (tertiary/aromatic N) is 1. The summed E-state index contributed by atoms with van der Waals surface area (Å²) < 4.78 is 23.7. The molecule has 0 aromatic heterocycles. The van der Waals surface area contributed by atoms with Crippen LogP contribution in [0.2, 0.25) is 0 Å². The molecule has 1 amide bonds. The number of amides is 1. The number of carbonyl (C=O) groups is 1. The Bertz CT molecular complexity index is 1970. The average Bonchev–Trinajstić information content (AvgIpc) is 3.56. The van der Waals surface area contributed by atoms with Crippen LogP contribution in [0.15, 0.2) is 170 Å². The Kier molecular flexibility index (Phi) is 60.2. The highest BCUT2D eigenvalue weighted by molar-refractivity contribution is 7.47. The maximum absolute atomic E-state index is 13.0. The topological polar surface area (TPSA) is 105 Å². The van der Waals surface area contributed by atoms with E-state index in [2.05, 4.69) is 177 Å². The minimum atomic E-state index is -4.38. The molecular formula is C75H126N2O6P+. The molecule has 0 aliphatic rings. The summed E-state index contributed by atoms with van der Waals surface area (Å²) >= 11 is 0. The first kappa shape index (κ1) is 79.9. The summed E-state index contributed by atoms with van der Waals surface area (Å²) in [7, 11) is 1.52. The fraction of sp³-hybridized carbons (Fsp3) is 0.613. The van der Waals surface area contributed by atoms with Crippen molar-refractivity contribution in [3.8, 4) is 0 Å². The SMILES string of the molecule is CC/C=C\C/C=C\C/C=C\C/C=C\C/C=C\C/C=C\C/C=C\C/C=C\C/C=C\C/C=C\C/C=C\CCCCCCCCCC(=O)NC(COP(=O)(O)OCC[N+](C)(C)C)C(O)/C=C/CC/C=C/CC/C=C/CCCCCCCCCCCCC. The van der Waals surface area contributed by atoms with Crippen molar-refractivity contribution in [2.45, 2.75) is 257 Å². The van der Waals surface area contributed by atoms with Gasteiger partial charge in [-0.2, -0.15) is 0 Å². The van der Waals surface area contributed by atoms with Crippen molar-refractivity contribution in [3.05, 3.63) is 170 Å². The number of aliphatic hydroxyl groups excluding tert-OH is 1. The zero-order valence-corrected chi connectivity index (χ0v) is 55.2. The molecule has 0 heterocycles. The number of hydrogen-bond acceptors (Lipinski definition) is 5. The first-order valence-corrected chi connectivity index (χ1v) is 35.0. The minimum absolute atomic E-state index is 0.0425. The van der Waals surface area contributed by atoms with Gasteiger partial charge in [-0.05, 0) is 128 Å². The second-order valence-corrected chi connectivity index (χ2v) is 24.5. The van der Waals surface area contributed by atoms with Crippen molar-refractivity contribution in [1.29, 1.82) is 0 Å². The monoisotopic (exact) mass is 1180 g/mol. The van der Waals surface area contributed by atoms with Crippen LogP contribution in [0.4, 0.5) is 0 Å². The number of allylic oxidation sites excluding steroid dienone is 27. The number of quaternary nitrogens is 1. The molecule has 0 rings (SSSR count). The van der Waals surface area contributed by atoms with Gasteiger partial charge in [-0.3, -0.25) is 13.8 Å². The number of carbonyl (C=O) groups excluding carboxylic acids is 1. The molecule has 0 radical (unpaired) electrons. The highest BCUT2D eigenvalue weighted by Crippen LogP contribution is 2.43. The van der Waals surface area contributed by atoms with E-state index in [1.165, 1.54) is 96.3 Å². The molecule has 0 saturated carbocycles. The summed E-state index contributed by atoms with van der Waals surface area (Å²) in [6.45, 7) is 4.65. The Labute approximate surface area is 517 Å². The lowest BCUT2D eigenvalue weighted by Gasteiger charge is -2.25. The fourth-order valence-corrected chi connectivity index (χ4v) is 9.46. The van der Waals surface area contributed by atoms with Crippen molar-refractivity contribution in [3.63, 3.8) is 0 Å². The number of hydrogen-bond donors (Lipinski definition) is 3. The average molecular weight is 1180 g/mol. The van der Waals surface area contributed by atoms with Gasteiger partial charge in [-0.15, -0.1) is 0 Å². The van der Waals surface area contributed by atoms with E-state index in [1.54, 1.807) is 6.08 Å². The second kappa shape index (κ2) is 63.4. The molecule has 3 unspecified atom stereocenters. The van der Waals surface area contributed by atoms with E-state index >= 15 is 0 Å². The van der Waals surface area contributed by atoms with Crippen LogP contribution in [-0.2, 0) is 18.4 Å². The van der Waals surface area contributed by atoms with Crippen LogP contribution in [0, 0.1) is 0 Å². The van der Waals surface area contributed by atoms with Crippen LogP contribution < -0.4 is 5.32 Å². The van der Waals surface area contributed by atoms with Crippen LogP contribution in [0.5, 0.6) is 0 Å². The van der Waals surface area contributed by atoms with Gasteiger partial charge in [0.2, 0.25) is 5.91 Å². The number of aliphatic hydroxyl groups is 1. The van der Waals surface area contributed by atoms with E-state index in [-0.39, 0.29) is 19.1 Å². The summed E-state index contributed by atoms with van der Waals surface area (Å²) in [5.74, 6) is -0.208. The number of unbranched alkanes of at least 4 members (excludes halogenated alkanes) is 20. The molecule has 0 spiro atoms. The third-order valence-electron chi connectivity index (χ3n) is 13.9. The molecule has 0 saturated heterocycles. The summed E-state index contributed by atoms with van der Waals surface area (Å²) in [4.78, 5) is 23.4. The smallest absolute Gasteiger partial charge is 0.387 e. The van der Waals surface area contributed by atoms with Crippen molar-refractivity contribution >= 4 is 13.7 Å². The van der Waals surface area contributed by atoms with Crippen LogP contribution in [0.1, 0.15) is 245 Å². The van der Waals surface area contributed by atoms with Crippen molar-refractivity contribution in [2.24, 2.45) is 0 Å². The first-order chi connectivity index (χ1) is 41.0. The van der Waals surface area contributed by atoms with Crippen LogP contribution in [0.3, 0.4) is 0 Å². The van der Waals surface area contributed by atoms with E-state index < -0.39 is 20.0 Å². The van der Waals surface area contributed by atoms with E-state index in [1.807, 2.05) is 27.2 Å².